The minimum atomic E-state index is 0.304. The summed E-state index contributed by atoms with van der Waals surface area (Å²) in [5.74, 6) is 0. The summed E-state index contributed by atoms with van der Waals surface area (Å²) >= 11 is 3.63. The topological polar surface area (TPSA) is 3.24 Å². The summed E-state index contributed by atoms with van der Waals surface area (Å²) in [6.45, 7) is 7.97. The number of nitrogens with zero attached hydrogens (tertiary/aromatic N) is 1. The van der Waals surface area contributed by atoms with Crippen molar-refractivity contribution in [3.05, 3.63) is 27.7 Å². The van der Waals surface area contributed by atoms with E-state index in [0.29, 0.717) is 5.41 Å². The van der Waals surface area contributed by atoms with Crippen LogP contribution < -0.4 is 4.90 Å². The van der Waals surface area contributed by atoms with Crippen LogP contribution in [0, 0.1) is 6.92 Å². The van der Waals surface area contributed by atoms with E-state index in [-0.39, 0.29) is 0 Å². The Morgan fingerprint density at radius 2 is 2.00 bits per heavy atom. The van der Waals surface area contributed by atoms with Crippen molar-refractivity contribution in [2.24, 2.45) is 0 Å². The third-order valence-electron chi connectivity index (χ3n) is 3.49. The predicted molar refractivity (Wildman–Crippen MR) is 69.8 cm³/mol. The van der Waals surface area contributed by atoms with E-state index in [1.807, 2.05) is 0 Å². The number of anilines is 1. The SMILES string of the molecule is Cc1cc2c(cc1Br)C(C)(C)CCN2C. The minimum absolute atomic E-state index is 0.304. The average Bonchev–Trinajstić information content (AvgIpc) is 2.16. The zero-order valence-electron chi connectivity index (χ0n) is 9.89. The van der Waals surface area contributed by atoms with E-state index in [0.717, 1.165) is 6.54 Å². The van der Waals surface area contributed by atoms with E-state index in [2.05, 4.69) is 60.8 Å². The zero-order chi connectivity index (χ0) is 11.2. The lowest BCUT2D eigenvalue weighted by atomic mass is 9.77. The molecule has 0 aromatic heterocycles. The highest BCUT2D eigenvalue weighted by atomic mass is 79.9. The molecule has 0 aliphatic carbocycles. The maximum atomic E-state index is 3.63. The van der Waals surface area contributed by atoms with Crippen molar-refractivity contribution in [1.29, 1.82) is 0 Å². The number of fused-ring (bicyclic) bond motifs is 1. The fourth-order valence-electron chi connectivity index (χ4n) is 2.23. The Bertz CT molecular complexity index is 396. The van der Waals surface area contributed by atoms with Gasteiger partial charge in [-0.05, 0) is 42.0 Å². The fraction of sp³-hybridized carbons (Fsp3) is 0.538. The first-order valence-electron chi connectivity index (χ1n) is 5.43. The molecule has 0 spiro atoms. The van der Waals surface area contributed by atoms with Gasteiger partial charge in [0.05, 0.1) is 0 Å². The molecule has 1 nitrogen and oxygen atoms in total. The van der Waals surface area contributed by atoms with Gasteiger partial charge in [0, 0.05) is 23.8 Å². The number of hydrogen-bond donors (Lipinski definition) is 0. The van der Waals surface area contributed by atoms with E-state index >= 15 is 0 Å². The summed E-state index contributed by atoms with van der Waals surface area (Å²) in [6, 6.07) is 4.58. The molecule has 2 rings (SSSR count). The molecule has 1 aliphatic rings. The Morgan fingerprint density at radius 1 is 1.33 bits per heavy atom. The monoisotopic (exact) mass is 267 g/mol. The summed E-state index contributed by atoms with van der Waals surface area (Å²) in [5, 5.41) is 0. The number of aryl methyl sites for hydroxylation is 1. The van der Waals surface area contributed by atoms with Crippen LogP contribution in [0.3, 0.4) is 0 Å². The molecule has 0 amide bonds. The number of benzene rings is 1. The van der Waals surface area contributed by atoms with Crippen LogP contribution in [0.1, 0.15) is 31.4 Å². The highest BCUT2D eigenvalue weighted by Gasteiger charge is 2.30. The van der Waals surface area contributed by atoms with Crippen LogP contribution in [0.15, 0.2) is 16.6 Å². The van der Waals surface area contributed by atoms with Crippen molar-refractivity contribution in [1.82, 2.24) is 0 Å². The predicted octanol–water partition coefficient (Wildman–Crippen LogP) is 3.88. The molecular weight excluding hydrogens is 250 g/mol. The quantitative estimate of drug-likeness (QED) is 0.690. The highest BCUT2D eigenvalue weighted by Crippen LogP contribution is 2.41. The molecule has 2 heteroatoms. The van der Waals surface area contributed by atoms with Gasteiger partial charge >= 0.3 is 0 Å². The first kappa shape index (κ1) is 11.0. The highest BCUT2D eigenvalue weighted by molar-refractivity contribution is 9.10. The third kappa shape index (κ3) is 1.80. The molecule has 0 unspecified atom stereocenters. The smallest absolute Gasteiger partial charge is 0.0405 e. The number of hydrogen-bond acceptors (Lipinski definition) is 1. The summed E-state index contributed by atoms with van der Waals surface area (Å²) in [5.41, 5.74) is 4.48. The standard InChI is InChI=1S/C13H18BrN/c1-9-7-12-10(8-11(9)14)13(2,3)5-6-15(12)4/h7-8H,5-6H2,1-4H3. The Labute approximate surface area is 101 Å². The van der Waals surface area contributed by atoms with Gasteiger partial charge in [-0.15, -0.1) is 0 Å². The molecule has 0 N–H and O–H groups in total. The molecule has 1 heterocycles. The summed E-state index contributed by atoms with van der Waals surface area (Å²) in [7, 11) is 2.18. The number of halogens is 1. The molecular formula is C13H18BrN. The van der Waals surface area contributed by atoms with Gasteiger partial charge in [0.15, 0.2) is 0 Å². The van der Waals surface area contributed by atoms with Crippen LogP contribution in [0.5, 0.6) is 0 Å². The number of rotatable bonds is 0. The lowest BCUT2D eigenvalue weighted by Crippen LogP contribution is -2.34. The van der Waals surface area contributed by atoms with Gasteiger partial charge in [0.25, 0.3) is 0 Å². The molecule has 0 saturated carbocycles. The van der Waals surface area contributed by atoms with Gasteiger partial charge in [-0.2, -0.15) is 0 Å². The average molecular weight is 268 g/mol. The summed E-state index contributed by atoms with van der Waals surface area (Å²) < 4.78 is 1.23. The lowest BCUT2D eigenvalue weighted by molar-refractivity contribution is 0.461. The molecule has 82 valence electrons. The maximum Gasteiger partial charge on any atom is 0.0405 e. The molecule has 0 fully saturated rings. The Morgan fingerprint density at radius 3 is 2.67 bits per heavy atom. The Hall–Kier alpha value is -0.500. The van der Waals surface area contributed by atoms with Gasteiger partial charge in [-0.3, -0.25) is 0 Å². The van der Waals surface area contributed by atoms with Gasteiger partial charge in [0.1, 0.15) is 0 Å². The van der Waals surface area contributed by atoms with Crippen LogP contribution in [-0.2, 0) is 5.41 Å². The van der Waals surface area contributed by atoms with Crippen molar-refractivity contribution >= 4 is 21.6 Å². The lowest BCUT2D eigenvalue weighted by Gasteiger charge is -2.38. The van der Waals surface area contributed by atoms with Gasteiger partial charge in [-0.25, -0.2) is 0 Å². The van der Waals surface area contributed by atoms with Crippen LogP contribution in [0.4, 0.5) is 5.69 Å². The van der Waals surface area contributed by atoms with Crippen molar-refractivity contribution in [2.75, 3.05) is 18.5 Å². The van der Waals surface area contributed by atoms with E-state index < -0.39 is 0 Å². The fourth-order valence-corrected chi connectivity index (χ4v) is 2.57. The van der Waals surface area contributed by atoms with Gasteiger partial charge in [-0.1, -0.05) is 29.8 Å². The normalized spacial score (nSPS) is 18.9. The summed E-state index contributed by atoms with van der Waals surface area (Å²) in [4.78, 5) is 2.36. The van der Waals surface area contributed by atoms with E-state index in [4.69, 9.17) is 0 Å². The molecule has 0 saturated heterocycles. The molecule has 1 aromatic rings. The zero-order valence-corrected chi connectivity index (χ0v) is 11.5. The van der Waals surface area contributed by atoms with E-state index in [1.54, 1.807) is 0 Å². The molecule has 0 radical (unpaired) electrons. The van der Waals surface area contributed by atoms with Crippen molar-refractivity contribution < 1.29 is 0 Å². The minimum Gasteiger partial charge on any atom is -0.374 e. The molecule has 0 bridgehead atoms. The van der Waals surface area contributed by atoms with Crippen LogP contribution in [0.2, 0.25) is 0 Å². The third-order valence-corrected chi connectivity index (χ3v) is 4.34. The van der Waals surface area contributed by atoms with E-state index in [9.17, 15) is 0 Å². The van der Waals surface area contributed by atoms with Gasteiger partial charge < -0.3 is 4.90 Å². The largest absolute Gasteiger partial charge is 0.374 e. The van der Waals surface area contributed by atoms with Crippen LogP contribution in [0.25, 0.3) is 0 Å². The van der Waals surface area contributed by atoms with Crippen LogP contribution in [-0.4, -0.2) is 13.6 Å². The molecule has 15 heavy (non-hydrogen) atoms. The van der Waals surface area contributed by atoms with Crippen molar-refractivity contribution in [3.8, 4) is 0 Å². The second-order valence-electron chi connectivity index (χ2n) is 5.17. The van der Waals surface area contributed by atoms with Crippen LogP contribution >= 0.6 is 15.9 Å². The van der Waals surface area contributed by atoms with Crippen molar-refractivity contribution in [3.63, 3.8) is 0 Å². The molecule has 0 atom stereocenters. The van der Waals surface area contributed by atoms with E-state index in [1.165, 1.54) is 27.7 Å². The van der Waals surface area contributed by atoms with Gasteiger partial charge in [0.2, 0.25) is 0 Å². The summed E-state index contributed by atoms with van der Waals surface area (Å²) in [6.07, 6.45) is 1.23. The van der Waals surface area contributed by atoms with Crippen molar-refractivity contribution in [2.45, 2.75) is 32.6 Å². The Kier molecular flexibility index (Phi) is 2.58. The maximum absolute atomic E-state index is 3.63. The molecule has 1 aliphatic heterocycles. The Balaban J connectivity index is 2.63. The second kappa shape index (κ2) is 3.51. The molecule has 1 aromatic carbocycles. The second-order valence-corrected chi connectivity index (χ2v) is 6.03. The first-order chi connectivity index (χ1) is 6.92. The first-order valence-corrected chi connectivity index (χ1v) is 6.23.